The van der Waals surface area contributed by atoms with E-state index in [1.54, 1.807) is 31.1 Å². The normalized spacial score (nSPS) is 11.4. The molecule has 2 aromatic carbocycles. The average molecular weight is 367 g/mol. The maximum atomic E-state index is 12.6. The Hall–Kier alpha value is -3.15. The van der Waals surface area contributed by atoms with Crippen LogP contribution >= 0.6 is 0 Å². The van der Waals surface area contributed by atoms with Crippen molar-refractivity contribution >= 4 is 17.7 Å². The summed E-state index contributed by atoms with van der Waals surface area (Å²) in [5.74, 6) is -0.399. The van der Waals surface area contributed by atoms with Crippen LogP contribution in [0.1, 0.15) is 40.9 Å². The van der Waals surface area contributed by atoms with Crippen LogP contribution in [0.25, 0.3) is 0 Å². The fourth-order valence-corrected chi connectivity index (χ4v) is 2.78. The molecule has 1 atom stereocenters. The van der Waals surface area contributed by atoms with E-state index in [1.807, 2.05) is 42.5 Å². The van der Waals surface area contributed by atoms with Gasteiger partial charge >= 0.3 is 0 Å². The number of rotatable bonds is 7. The van der Waals surface area contributed by atoms with E-state index in [0.29, 0.717) is 12.1 Å². The molecule has 0 aliphatic rings. The van der Waals surface area contributed by atoms with E-state index in [9.17, 15) is 14.4 Å². The summed E-state index contributed by atoms with van der Waals surface area (Å²) in [4.78, 5) is 37.4. The van der Waals surface area contributed by atoms with Gasteiger partial charge in [0.25, 0.3) is 5.91 Å². The molecule has 0 aromatic heterocycles. The van der Waals surface area contributed by atoms with Crippen LogP contribution in [-0.4, -0.2) is 36.7 Å². The fourth-order valence-electron chi connectivity index (χ4n) is 2.78. The van der Waals surface area contributed by atoms with Crippen molar-refractivity contribution in [3.8, 4) is 0 Å². The third kappa shape index (κ3) is 5.95. The first-order valence-corrected chi connectivity index (χ1v) is 8.77. The number of nitrogens with one attached hydrogen (secondary N) is 2. The molecule has 2 rings (SSSR count). The van der Waals surface area contributed by atoms with Crippen molar-refractivity contribution in [2.24, 2.45) is 0 Å². The van der Waals surface area contributed by atoms with Gasteiger partial charge in [-0.15, -0.1) is 0 Å². The Morgan fingerprint density at radius 1 is 1.00 bits per heavy atom. The highest BCUT2D eigenvalue weighted by atomic mass is 16.2. The molecule has 0 aliphatic carbocycles. The molecule has 142 valence electrons. The lowest BCUT2D eigenvalue weighted by molar-refractivity contribution is -0.131. The fraction of sp³-hybridized carbons (Fsp3) is 0.286. The predicted octanol–water partition coefficient (Wildman–Crippen LogP) is 2.27. The van der Waals surface area contributed by atoms with Gasteiger partial charge in [-0.05, 0) is 23.3 Å². The Balaban J connectivity index is 2.02. The second-order valence-corrected chi connectivity index (χ2v) is 6.39. The van der Waals surface area contributed by atoms with Crippen LogP contribution < -0.4 is 10.6 Å². The molecule has 6 heteroatoms. The molecule has 2 aromatic rings. The number of hydrogen-bond acceptors (Lipinski definition) is 3. The molecule has 27 heavy (non-hydrogen) atoms. The first kappa shape index (κ1) is 20.2. The molecule has 0 spiro atoms. The highest BCUT2D eigenvalue weighted by Crippen LogP contribution is 2.18. The van der Waals surface area contributed by atoms with E-state index in [2.05, 4.69) is 10.6 Å². The largest absolute Gasteiger partial charge is 0.355 e. The number of benzene rings is 2. The predicted molar refractivity (Wildman–Crippen MR) is 104 cm³/mol. The van der Waals surface area contributed by atoms with Gasteiger partial charge < -0.3 is 15.5 Å². The number of carbonyl (C=O) groups excluding carboxylic acids is 3. The van der Waals surface area contributed by atoms with E-state index < -0.39 is 0 Å². The summed E-state index contributed by atoms with van der Waals surface area (Å²) in [5, 5.41) is 5.42. The summed E-state index contributed by atoms with van der Waals surface area (Å²) < 4.78 is 0. The number of nitrogens with zero attached hydrogens (tertiary/aromatic N) is 1. The zero-order chi connectivity index (χ0) is 19.8. The van der Waals surface area contributed by atoms with Gasteiger partial charge in [0, 0.05) is 33.1 Å². The van der Waals surface area contributed by atoms with Gasteiger partial charge in [-0.2, -0.15) is 0 Å². The van der Waals surface area contributed by atoms with Crippen LogP contribution in [-0.2, 0) is 16.1 Å². The van der Waals surface area contributed by atoms with Gasteiger partial charge in [-0.25, -0.2) is 0 Å². The van der Waals surface area contributed by atoms with Gasteiger partial charge in [0.1, 0.15) is 0 Å². The van der Waals surface area contributed by atoms with E-state index >= 15 is 0 Å². The zero-order valence-electron chi connectivity index (χ0n) is 15.9. The van der Waals surface area contributed by atoms with Crippen molar-refractivity contribution in [1.29, 1.82) is 0 Å². The molecular formula is C21H25N3O3. The molecule has 0 heterocycles. The Labute approximate surface area is 159 Å². The van der Waals surface area contributed by atoms with E-state index in [-0.39, 0.29) is 30.2 Å². The standard InChI is InChI=1S/C21H25N3O3/c1-15(25)23-19(17-7-5-4-6-8-17)13-20(26)24(3)14-16-9-11-18(12-10-16)21(27)22-2/h4-12,19H,13-14H2,1-3H3,(H,22,27)(H,23,25)/t19-/m1/s1. The number of carbonyl (C=O) groups is 3. The van der Waals surface area contributed by atoms with Crippen molar-refractivity contribution in [2.45, 2.75) is 25.9 Å². The highest BCUT2D eigenvalue weighted by Gasteiger charge is 2.19. The quantitative estimate of drug-likeness (QED) is 0.788. The first-order chi connectivity index (χ1) is 12.9. The summed E-state index contributed by atoms with van der Waals surface area (Å²) in [6.45, 7) is 1.87. The Morgan fingerprint density at radius 2 is 1.63 bits per heavy atom. The molecule has 0 fully saturated rings. The second kappa shape index (κ2) is 9.52. The van der Waals surface area contributed by atoms with Gasteiger partial charge in [0.2, 0.25) is 11.8 Å². The lowest BCUT2D eigenvalue weighted by Crippen LogP contribution is -2.33. The minimum atomic E-state index is -0.366. The summed E-state index contributed by atoms with van der Waals surface area (Å²) in [6.07, 6.45) is 0.177. The van der Waals surface area contributed by atoms with Crippen LogP contribution in [0.3, 0.4) is 0 Å². The van der Waals surface area contributed by atoms with Crippen LogP contribution in [0.5, 0.6) is 0 Å². The molecule has 0 unspecified atom stereocenters. The van der Waals surface area contributed by atoms with Crippen LogP contribution in [0.2, 0.25) is 0 Å². The maximum absolute atomic E-state index is 12.6. The number of amides is 3. The Morgan fingerprint density at radius 3 is 2.19 bits per heavy atom. The zero-order valence-corrected chi connectivity index (χ0v) is 15.9. The molecule has 0 aliphatic heterocycles. The highest BCUT2D eigenvalue weighted by molar-refractivity contribution is 5.93. The smallest absolute Gasteiger partial charge is 0.251 e. The summed E-state index contributed by atoms with van der Waals surface area (Å²) in [5.41, 5.74) is 2.39. The molecule has 0 saturated carbocycles. The van der Waals surface area contributed by atoms with Crippen molar-refractivity contribution in [3.63, 3.8) is 0 Å². The van der Waals surface area contributed by atoms with E-state index in [4.69, 9.17) is 0 Å². The lowest BCUT2D eigenvalue weighted by Gasteiger charge is -2.23. The minimum absolute atomic E-state index is 0.0759. The van der Waals surface area contributed by atoms with E-state index in [1.165, 1.54) is 6.92 Å². The second-order valence-electron chi connectivity index (χ2n) is 6.39. The third-order valence-electron chi connectivity index (χ3n) is 4.25. The monoisotopic (exact) mass is 367 g/mol. The first-order valence-electron chi connectivity index (χ1n) is 8.77. The van der Waals surface area contributed by atoms with E-state index in [0.717, 1.165) is 11.1 Å². The van der Waals surface area contributed by atoms with Crippen LogP contribution in [0, 0.1) is 0 Å². The SMILES string of the molecule is CNC(=O)c1ccc(CN(C)C(=O)C[C@@H](NC(C)=O)c2ccccc2)cc1. The van der Waals surface area contributed by atoms with Crippen LogP contribution in [0.15, 0.2) is 54.6 Å². The van der Waals surface area contributed by atoms with Gasteiger partial charge in [-0.3, -0.25) is 14.4 Å². The molecule has 3 amide bonds. The van der Waals surface area contributed by atoms with Crippen molar-refractivity contribution < 1.29 is 14.4 Å². The van der Waals surface area contributed by atoms with Gasteiger partial charge in [-0.1, -0.05) is 42.5 Å². The van der Waals surface area contributed by atoms with Crippen molar-refractivity contribution in [3.05, 3.63) is 71.3 Å². The van der Waals surface area contributed by atoms with Crippen LogP contribution in [0.4, 0.5) is 0 Å². The molecular weight excluding hydrogens is 342 g/mol. The van der Waals surface area contributed by atoms with Gasteiger partial charge in [0.05, 0.1) is 12.5 Å². The lowest BCUT2D eigenvalue weighted by atomic mass is 10.0. The van der Waals surface area contributed by atoms with Crippen molar-refractivity contribution in [2.75, 3.05) is 14.1 Å². The minimum Gasteiger partial charge on any atom is -0.355 e. The summed E-state index contributed by atoms with van der Waals surface area (Å²) >= 11 is 0. The van der Waals surface area contributed by atoms with Crippen molar-refractivity contribution in [1.82, 2.24) is 15.5 Å². The maximum Gasteiger partial charge on any atom is 0.251 e. The molecule has 6 nitrogen and oxygen atoms in total. The molecule has 0 saturated heterocycles. The Kier molecular flexibility index (Phi) is 7.11. The topological polar surface area (TPSA) is 78.5 Å². The summed E-state index contributed by atoms with van der Waals surface area (Å²) in [7, 11) is 3.31. The van der Waals surface area contributed by atoms with Gasteiger partial charge in [0.15, 0.2) is 0 Å². The third-order valence-corrected chi connectivity index (χ3v) is 4.25. The molecule has 2 N–H and O–H groups in total. The molecule has 0 radical (unpaired) electrons. The average Bonchev–Trinajstić information content (AvgIpc) is 2.67. The Bertz CT molecular complexity index is 788. The summed E-state index contributed by atoms with van der Waals surface area (Å²) in [6, 6.07) is 16.2. The molecule has 0 bridgehead atoms. The number of hydrogen-bond donors (Lipinski definition) is 2.